The van der Waals surface area contributed by atoms with E-state index in [1.165, 1.54) is 5.57 Å². The molecule has 1 aromatic carbocycles. The predicted molar refractivity (Wildman–Crippen MR) is 70.1 cm³/mol. The van der Waals surface area contributed by atoms with Crippen LogP contribution in [0.4, 0.5) is 0 Å². The van der Waals surface area contributed by atoms with E-state index in [2.05, 4.69) is 19.5 Å². The molecular formula is C12H15ClO2Si. The Hall–Kier alpha value is -1.06. The molecule has 0 radical (unpaired) electrons. The standard InChI is InChI=1S/C12H15ClO2Si/c1-9(2)7-16-8-15-11-5-3-10(4-6-11)12(13)14/h3-7H,8,16H2,1-2H3. The maximum atomic E-state index is 10.8. The highest BCUT2D eigenvalue weighted by molar-refractivity contribution is 6.67. The largest absolute Gasteiger partial charge is 0.498 e. The summed E-state index contributed by atoms with van der Waals surface area (Å²) in [5, 5.41) is -0.439. The third-order valence-corrected chi connectivity index (χ3v) is 3.78. The maximum absolute atomic E-state index is 10.8. The highest BCUT2D eigenvalue weighted by Gasteiger charge is 2.00. The second-order valence-electron chi connectivity index (χ2n) is 3.72. The summed E-state index contributed by atoms with van der Waals surface area (Å²) in [6.07, 6.45) is 0.777. The van der Waals surface area contributed by atoms with E-state index < -0.39 is 5.24 Å². The minimum Gasteiger partial charge on any atom is -0.498 e. The molecule has 0 N–H and O–H groups in total. The van der Waals surface area contributed by atoms with Crippen LogP contribution >= 0.6 is 11.6 Å². The first kappa shape index (κ1) is 13.0. The molecule has 0 aliphatic carbocycles. The molecule has 0 fully saturated rings. The third-order valence-electron chi connectivity index (χ3n) is 2.02. The third kappa shape index (κ3) is 4.64. The van der Waals surface area contributed by atoms with Gasteiger partial charge in [0.1, 0.15) is 5.75 Å². The van der Waals surface area contributed by atoms with Crippen molar-refractivity contribution in [3.8, 4) is 5.75 Å². The summed E-state index contributed by atoms with van der Waals surface area (Å²) in [6.45, 7) is 4.18. The molecule has 16 heavy (non-hydrogen) atoms. The quantitative estimate of drug-likeness (QED) is 0.459. The van der Waals surface area contributed by atoms with Crippen LogP contribution in [-0.4, -0.2) is 21.0 Å². The van der Waals surface area contributed by atoms with Gasteiger partial charge in [-0.2, -0.15) is 0 Å². The number of halogens is 1. The van der Waals surface area contributed by atoms with Gasteiger partial charge in [-0.1, -0.05) is 11.3 Å². The number of hydrogen-bond acceptors (Lipinski definition) is 2. The first-order valence-corrected chi connectivity index (χ1v) is 7.35. The number of hydrogen-bond donors (Lipinski definition) is 0. The first-order valence-electron chi connectivity index (χ1n) is 5.15. The second-order valence-corrected chi connectivity index (χ2v) is 5.45. The lowest BCUT2D eigenvalue weighted by Crippen LogP contribution is -2.04. The van der Waals surface area contributed by atoms with E-state index in [1.807, 2.05) is 0 Å². The van der Waals surface area contributed by atoms with Crippen molar-refractivity contribution < 1.29 is 9.53 Å². The smallest absolute Gasteiger partial charge is 0.252 e. The summed E-state index contributed by atoms with van der Waals surface area (Å²) in [5.41, 5.74) is 4.10. The van der Waals surface area contributed by atoms with Crippen molar-refractivity contribution in [2.45, 2.75) is 13.8 Å². The molecule has 0 bridgehead atoms. The zero-order valence-electron chi connectivity index (χ0n) is 9.50. The number of rotatable bonds is 5. The lowest BCUT2D eigenvalue weighted by Gasteiger charge is -2.04. The van der Waals surface area contributed by atoms with Crippen molar-refractivity contribution in [3.05, 3.63) is 41.1 Å². The summed E-state index contributed by atoms with van der Waals surface area (Å²) in [6, 6.07) is 6.89. The fourth-order valence-electron chi connectivity index (χ4n) is 1.21. The summed E-state index contributed by atoms with van der Waals surface area (Å²) in [7, 11) is -0.283. The van der Waals surface area contributed by atoms with Crippen LogP contribution in [0.2, 0.25) is 0 Å². The fourth-order valence-corrected chi connectivity index (χ4v) is 2.38. The molecule has 0 unspecified atom stereocenters. The van der Waals surface area contributed by atoms with E-state index in [0.29, 0.717) is 5.56 Å². The van der Waals surface area contributed by atoms with E-state index in [9.17, 15) is 4.79 Å². The van der Waals surface area contributed by atoms with Crippen LogP contribution < -0.4 is 4.74 Å². The van der Waals surface area contributed by atoms with Gasteiger partial charge in [0.2, 0.25) is 0 Å². The summed E-state index contributed by atoms with van der Waals surface area (Å²) in [5.74, 6) is 0.788. The van der Waals surface area contributed by atoms with E-state index >= 15 is 0 Å². The first-order chi connectivity index (χ1) is 7.59. The lowest BCUT2D eigenvalue weighted by molar-refractivity contribution is 0.108. The number of carbonyl (C=O) groups excluding carboxylic acids is 1. The van der Waals surface area contributed by atoms with Gasteiger partial charge in [-0.05, 0) is 49.7 Å². The van der Waals surface area contributed by atoms with Gasteiger partial charge < -0.3 is 4.74 Å². The summed E-state index contributed by atoms with van der Waals surface area (Å²) in [4.78, 5) is 10.8. The summed E-state index contributed by atoms with van der Waals surface area (Å²) < 4.78 is 5.55. The molecule has 1 rings (SSSR count). The maximum Gasteiger partial charge on any atom is 0.252 e. The number of benzene rings is 1. The Balaban J connectivity index is 2.44. The van der Waals surface area contributed by atoms with Gasteiger partial charge >= 0.3 is 0 Å². The van der Waals surface area contributed by atoms with Crippen molar-refractivity contribution >= 4 is 26.4 Å². The molecule has 0 spiro atoms. The second kappa shape index (κ2) is 6.50. The molecule has 2 nitrogen and oxygen atoms in total. The Kier molecular flexibility index (Phi) is 5.29. The van der Waals surface area contributed by atoms with Crippen molar-refractivity contribution in [2.24, 2.45) is 0 Å². The molecule has 0 saturated heterocycles. The van der Waals surface area contributed by atoms with Gasteiger partial charge in [0.15, 0.2) is 0 Å². The van der Waals surface area contributed by atoms with Gasteiger partial charge in [-0.15, -0.1) is 0 Å². The van der Waals surface area contributed by atoms with Crippen molar-refractivity contribution in [2.75, 3.05) is 6.23 Å². The van der Waals surface area contributed by atoms with Crippen molar-refractivity contribution in [1.29, 1.82) is 0 Å². The van der Waals surface area contributed by atoms with Crippen LogP contribution in [0.25, 0.3) is 0 Å². The topological polar surface area (TPSA) is 26.3 Å². The Bertz CT molecular complexity index is 381. The fraction of sp³-hybridized carbons (Fsp3) is 0.250. The molecule has 0 amide bonds. The highest BCUT2D eigenvalue weighted by Crippen LogP contribution is 2.13. The van der Waals surface area contributed by atoms with E-state index in [0.717, 1.165) is 12.0 Å². The molecule has 1 aromatic rings. The lowest BCUT2D eigenvalue weighted by atomic mass is 10.2. The predicted octanol–water partition coefficient (Wildman–Crippen LogP) is 2.49. The molecule has 0 aliphatic rings. The van der Waals surface area contributed by atoms with Crippen molar-refractivity contribution in [1.82, 2.24) is 0 Å². The molecule has 0 atom stereocenters. The Morgan fingerprint density at radius 2 is 2.00 bits per heavy atom. The average Bonchev–Trinajstić information content (AvgIpc) is 2.25. The van der Waals surface area contributed by atoms with Crippen LogP contribution in [0.15, 0.2) is 35.5 Å². The Morgan fingerprint density at radius 3 is 2.50 bits per heavy atom. The highest BCUT2D eigenvalue weighted by atomic mass is 35.5. The molecule has 86 valence electrons. The van der Waals surface area contributed by atoms with Gasteiger partial charge in [0.25, 0.3) is 5.24 Å². The van der Waals surface area contributed by atoms with Gasteiger partial charge in [-0.25, -0.2) is 0 Å². The molecule has 0 saturated carbocycles. The van der Waals surface area contributed by atoms with Crippen LogP contribution in [0.1, 0.15) is 24.2 Å². The normalized spacial score (nSPS) is 10.4. The molecule has 4 heteroatoms. The van der Waals surface area contributed by atoms with Gasteiger partial charge in [0.05, 0.1) is 15.7 Å². The minimum absolute atomic E-state index is 0.283. The SMILES string of the molecule is CC(C)=C[SiH2]COc1ccc(C(=O)Cl)cc1. The van der Waals surface area contributed by atoms with Crippen LogP contribution in [-0.2, 0) is 0 Å². The number of ether oxygens (including phenoxy) is 1. The molecular weight excluding hydrogens is 240 g/mol. The molecule has 0 heterocycles. The zero-order chi connectivity index (χ0) is 12.0. The molecule has 0 aliphatic heterocycles. The van der Waals surface area contributed by atoms with Gasteiger partial charge in [0, 0.05) is 5.56 Å². The number of allylic oxidation sites excluding steroid dienone is 1. The summed E-state index contributed by atoms with van der Waals surface area (Å²) >= 11 is 5.34. The van der Waals surface area contributed by atoms with Crippen LogP contribution in [0.5, 0.6) is 5.75 Å². The molecule has 0 aromatic heterocycles. The van der Waals surface area contributed by atoms with Crippen LogP contribution in [0.3, 0.4) is 0 Å². The van der Waals surface area contributed by atoms with Gasteiger partial charge in [-0.3, -0.25) is 4.79 Å². The average molecular weight is 255 g/mol. The Labute approximate surface area is 103 Å². The number of carbonyl (C=O) groups is 1. The van der Waals surface area contributed by atoms with Crippen LogP contribution in [0, 0.1) is 0 Å². The zero-order valence-corrected chi connectivity index (χ0v) is 11.7. The minimum atomic E-state index is -0.439. The van der Waals surface area contributed by atoms with E-state index in [1.54, 1.807) is 24.3 Å². The van der Waals surface area contributed by atoms with Crippen molar-refractivity contribution in [3.63, 3.8) is 0 Å². The monoisotopic (exact) mass is 254 g/mol. The van der Waals surface area contributed by atoms with E-state index in [-0.39, 0.29) is 9.52 Å². The van der Waals surface area contributed by atoms with E-state index in [4.69, 9.17) is 16.3 Å². The Morgan fingerprint density at radius 1 is 1.38 bits per heavy atom.